The van der Waals surface area contributed by atoms with Gasteiger partial charge in [0.05, 0.1) is 0 Å². The molecule has 2 aromatic carbocycles. The molecule has 20 heavy (non-hydrogen) atoms. The van der Waals surface area contributed by atoms with Crippen LogP contribution in [0.5, 0.6) is 0 Å². The van der Waals surface area contributed by atoms with Gasteiger partial charge in [0.2, 0.25) is 0 Å². The smallest absolute Gasteiger partial charge is 0.105 e. The summed E-state index contributed by atoms with van der Waals surface area (Å²) in [6.07, 6.45) is 2.93. The molecule has 104 valence electrons. The van der Waals surface area contributed by atoms with Gasteiger partial charge in [0.25, 0.3) is 0 Å². The third-order valence-corrected chi connectivity index (χ3v) is 4.30. The van der Waals surface area contributed by atoms with Gasteiger partial charge >= 0.3 is 0 Å². The van der Waals surface area contributed by atoms with E-state index in [1.807, 2.05) is 36.4 Å². The molecule has 1 aliphatic rings. The summed E-state index contributed by atoms with van der Waals surface area (Å²) in [6, 6.07) is 20.5. The van der Waals surface area contributed by atoms with E-state index in [0.29, 0.717) is 0 Å². The van der Waals surface area contributed by atoms with Crippen LogP contribution in [0.3, 0.4) is 0 Å². The van der Waals surface area contributed by atoms with Crippen molar-refractivity contribution < 1.29 is 5.11 Å². The number of hydrogen-bond donors (Lipinski definition) is 2. The van der Waals surface area contributed by atoms with Gasteiger partial charge in [0.1, 0.15) is 5.60 Å². The molecule has 2 N–H and O–H groups in total. The Morgan fingerprint density at radius 3 is 2.35 bits per heavy atom. The van der Waals surface area contributed by atoms with E-state index in [1.54, 1.807) is 0 Å². The second-order valence-electron chi connectivity index (χ2n) is 5.60. The highest BCUT2D eigenvalue weighted by molar-refractivity contribution is 5.26. The van der Waals surface area contributed by atoms with Gasteiger partial charge in [0.15, 0.2) is 0 Å². The summed E-state index contributed by atoms with van der Waals surface area (Å²) < 4.78 is 0. The highest BCUT2D eigenvalue weighted by Gasteiger charge is 2.42. The van der Waals surface area contributed by atoms with Crippen LogP contribution in [0.4, 0.5) is 0 Å². The van der Waals surface area contributed by atoms with Crippen molar-refractivity contribution in [1.82, 2.24) is 5.32 Å². The highest BCUT2D eigenvalue weighted by Crippen LogP contribution is 2.38. The minimum Gasteiger partial charge on any atom is -0.384 e. The van der Waals surface area contributed by atoms with Crippen LogP contribution >= 0.6 is 0 Å². The first-order valence-corrected chi connectivity index (χ1v) is 7.34. The second-order valence-corrected chi connectivity index (χ2v) is 5.60. The van der Waals surface area contributed by atoms with Gasteiger partial charge < -0.3 is 10.4 Å². The number of rotatable bonds is 4. The molecule has 2 aromatic rings. The summed E-state index contributed by atoms with van der Waals surface area (Å²) >= 11 is 0. The van der Waals surface area contributed by atoms with Crippen LogP contribution < -0.4 is 5.32 Å². The molecular weight excluding hydrogens is 246 g/mol. The van der Waals surface area contributed by atoms with Crippen molar-refractivity contribution in [1.29, 1.82) is 0 Å². The van der Waals surface area contributed by atoms with Crippen LogP contribution in [-0.2, 0) is 12.1 Å². The molecule has 0 bridgehead atoms. The average Bonchev–Trinajstić information content (AvgIpc) is 2.89. The molecule has 0 spiro atoms. The van der Waals surface area contributed by atoms with Crippen LogP contribution in [0.25, 0.3) is 0 Å². The molecule has 3 rings (SSSR count). The van der Waals surface area contributed by atoms with Gasteiger partial charge in [-0.15, -0.1) is 0 Å². The molecule has 0 aromatic heterocycles. The zero-order valence-corrected chi connectivity index (χ0v) is 11.6. The van der Waals surface area contributed by atoms with Gasteiger partial charge in [-0.2, -0.15) is 0 Å². The van der Waals surface area contributed by atoms with E-state index < -0.39 is 5.60 Å². The second kappa shape index (κ2) is 5.78. The van der Waals surface area contributed by atoms with Crippen LogP contribution in [0.2, 0.25) is 0 Å². The van der Waals surface area contributed by atoms with Crippen LogP contribution in [0, 0.1) is 0 Å². The Morgan fingerprint density at radius 1 is 1.00 bits per heavy atom. The fourth-order valence-corrected chi connectivity index (χ4v) is 3.17. The quantitative estimate of drug-likeness (QED) is 0.891. The molecule has 2 atom stereocenters. The molecule has 0 saturated heterocycles. The van der Waals surface area contributed by atoms with Crippen LogP contribution in [0.15, 0.2) is 60.7 Å². The largest absolute Gasteiger partial charge is 0.384 e. The van der Waals surface area contributed by atoms with Crippen LogP contribution in [-0.4, -0.2) is 11.1 Å². The number of hydrogen-bond acceptors (Lipinski definition) is 2. The molecule has 0 heterocycles. The van der Waals surface area contributed by atoms with Gasteiger partial charge in [-0.25, -0.2) is 0 Å². The fourth-order valence-electron chi connectivity index (χ4n) is 3.17. The zero-order chi connectivity index (χ0) is 13.8. The summed E-state index contributed by atoms with van der Waals surface area (Å²) in [5, 5.41) is 14.6. The number of nitrogens with one attached hydrogen (secondary N) is 1. The minimum absolute atomic E-state index is 0.130. The Balaban J connectivity index is 1.73. The Bertz CT molecular complexity index is 540. The van der Waals surface area contributed by atoms with Crippen molar-refractivity contribution in [2.75, 3.05) is 0 Å². The van der Waals surface area contributed by atoms with E-state index >= 15 is 0 Å². The molecule has 0 amide bonds. The first-order chi connectivity index (χ1) is 9.79. The van der Waals surface area contributed by atoms with E-state index in [1.165, 1.54) is 5.56 Å². The molecule has 2 heteroatoms. The monoisotopic (exact) mass is 267 g/mol. The minimum atomic E-state index is -0.726. The molecule has 2 nitrogen and oxygen atoms in total. The lowest BCUT2D eigenvalue weighted by Gasteiger charge is -2.31. The first-order valence-electron chi connectivity index (χ1n) is 7.34. The maximum atomic E-state index is 11.0. The van der Waals surface area contributed by atoms with E-state index in [4.69, 9.17) is 0 Å². The first kappa shape index (κ1) is 13.3. The third-order valence-electron chi connectivity index (χ3n) is 4.30. The van der Waals surface area contributed by atoms with E-state index in [9.17, 15) is 5.11 Å². The Kier molecular flexibility index (Phi) is 3.86. The average molecular weight is 267 g/mol. The molecule has 0 aliphatic heterocycles. The fraction of sp³-hybridized carbons (Fsp3) is 0.333. The number of benzene rings is 2. The molecule has 1 fully saturated rings. The summed E-state index contributed by atoms with van der Waals surface area (Å²) in [6.45, 7) is 0.806. The standard InChI is InChI=1S/C18H21NO/c20-18(16-10-5-2-6-11-16)13-7-12-17(18)19-14-15-8-3-1-4-9-15/h1-6,8-11,17,19-20H,7,12-14H2. The predicted molar refractivity (Wildman–Crippen MR) is 81.3 cm³/mol. The van der Waals surface area contributed by atoms with Crippen molar-refractivity contribution in [2.24, 2.45) is 0 Å². The van der Waals surface area contributed by atoms with Crippen molar-refractivity contribution in [3.63, 3.8) is 0 Å². The van der Waals surface area contributed by atoms with E-state index in [2.05, 4.69) is 29.6 Å². The van der Waals surface area contributed by atoms with Crippen molar-refractivity contribution in [2.45, 2.75) is 37.5 Å². The van der Waals surface area contributed by atoms with Gasteiger partial charge in [-0.1, -0.05) is 60.7 Å². The predicted octanol–water partition coefficient (Wildman–Crippen LogP) is 3.22. The Labute approximate surface area is 120 Å². The zero-order valence-electron chi connectivity index (χ0n) is 11.6. The van der Waals surface area contributed by atoms with Crippen molar-refractivity contribution >= 4 is 0 Å². The summed E-state index contributed by atoms with van der Waals surface area (Å²) in [5.74, 6) is 0. The van der Waals surface area contributed by atoms with Crippen molar-refractivity contribution in [3.05, 3.63) is 71.8 Å². The van der Waals surface area contributed by atoms with E-state index in [-0.39, 0.29) is 6.04 Å². The summed E-state index contributed by atoms with van der Waals surface area (Å²) in [7, 11) is 0. The molecule has 1 aliphatic carbocycles. The summed E-state index contributed by atoms with van der Waals surface area (Å²) in [4.78, 5) is 0. The summed E-state index contributed by atoms with van der Waals surface area (Å²) in [5.41, 5.74) is 1.56. The Hall–Kier alpha value is -1.64. The maximum Gasteiger partial charge on any atom is 0.105 e. The van der Waals surface area contributed by atoms with Gasteiger partial charge in [0, 0.05) is 12.6 Å². The molecular formula is C18H21NO. The van der Waals surface area contributed by atoms with Crippen LogP contribution in [0.1, 0.15) is 30.4 Å². The Morgan fingerprint density at radius 2 is 1.65 bits per heavy atom. The lowest BCUT2D eigenvalue weighted by molar-refractivity contribution is 0.0155. The van der Waals surface area contributed by atoms with Gasteiger partial charge in [-0.3, -0.25) is 0 Å². The molecule has 2 unspecified atom stereocenters. The van der Waals surface area contributed by atoms with Gasteiger partial charge in [-0.05, 0) is 30.4 Å². The SMILES string of the molecule is OC1(c2ccccc2)CCCC1NCc1ccccc1. The van der Waals surface area contributed by atoms with E-state index in [0.717, 1.165) is 31.4 Å². The topological polar surface area (TPSA) is 32.3 Å². The maximum absolute atomic E-state index is 11.0. The normalized spacial score (nSPS) is 25.8. The highest BCUT2D eigenvalue weighted by atomic mass is 16.3. The lowest BCUT2D eigenvalue weighted by atomic mass is 9.88. The third kappa shape index (κ3) is 2.62. The lowest BCUT2D eigenvalue weighted by Crippen LogP contribution is -2.44. The molecule has 1 saturated carbocycles. The number of aliphatic hydroxyl groups is 1. The van der Waals surface area contributed by atoms with Crippen molar-refractivity contribution in [3.8, 4) is 0 Å². The molecule has 0 radical (unpaired) electrons.